The molecule has 0 aliphatic rings. The van der Waals surface area contributed by atoms with Gasteiger partial charge in [0.05, 0.1) is 12.2 Å². The van der Waals surface area contributed by atoms with Gasteiger partial charge in [-0.1, -0.05) is 30.3 Å². The highest BCUT2D eigenvalue weighted by Gasteiger charge is 2.42. The first-order chi connectivity index (χ1) is 14.7. The molecule has 0 bridgehead atoms. The Labute approximate surface area is 174 Å². The number of alkyl halides is 3. The highest BCUT2D eigenvalue weighted by molar-refractivity contribution is 5.99. The van der Waals surface area contributed by atoms with Crippen LogP contribution in [-0.2, 0) is 17.4 Å². The normalized spacial score (nSPS) is 11.3. The number of anilines is 1. The number of benzene rings is 2. The molecule has 0 unspecified atom stereocenters. The van der Waals surface area contributed by atoms with Crippen molar-refractivity contribution in [2.75, 3.05) is 11.9 Å². The van der Waals surface area contributed by atoms with Gasteiger partial charge in [-0.2, -0.15) is 13.2 Å². The Morgan fingerprint density at radius 3 is 2.39 bits per heavy atom. The third-order valence-corrected chi connectivity index (χ3v) is 4.31. The summed E-state index contributed by atoms with van der Waals surface area (Å²) in [6.45, 7) is 1.33. The van der Waals surface area contributed by atoms with Crippen molar-refractivity contribution in [3.8, 4) is 5.69 Å². The van der Waals surface area contributed by atoms with Crippen LogP contribution in [0.1, 0.15) is 28.7 Å². The van der Waals surface area contributed by atoms with E-state index in [0.717, 1.165) is 29.8 Å². The molecule has 1 aromatic heterocycles. The Kier molecular flexibility index (Phi) is 6.33. The molecule has 0 aliphatic heterocycles. The van der Waals surface area contributed by atoms with Crippen molar-refractivity contribution >= 4 is 17.5 Å². The number of aromatic nitrogens is 3. The third kappa shape index (κ3) is 5.05. The zero-order chi connectivity index (χ0) is 22.6. The van der Waals surface area contributed by atoms with Gasteiger partial charge in [0.15, 0.2) is 11.4 Å². The van der Waals surface area contributed by atoms with Crippen molar-refractivity contribution < 1.29 is 27.2 Å². The number of amides is 2. The van der Waals surface area contributed by atoms with Gasteiger partial charge in [-0.05, 0) is 42.3 Å². The second-order valence-corrected chi connectivity index (χ2v) is 6.41. The quantitative estimate of drug-likeness (QED) is 0.582. The maximum absolute atomic E-state index is 13.6. The summed E-state index contributed by atoms with van der Waals surface area (Å²) in [6.07, 6.45) is -4.32. The lowest BCUT2D eigenvalue weighted by atomic mass is 10.1. The summed E-state index contributed by atoms with van der Waals surface area (Å²) < 4.78 is 54.3. The number of carbonyl (C=O) groups is 2. The van der Waals surface area contributed by atoms with Crippen molar-refractivity contribution in [1.29, 1.82) is 0 Å². The van der Waals surface area contributed by atoms with Gasteiger partial charge in [0.25, 0.3) is 5.91 Å². The average molecular weight is 435 g/mol. The fourth-order valence-corrected chi connectivity index (χ4v) is 2.84. The van der Waals surface area contributed by atoms with E-state index in [2.05, 4.69) is 20.9 Å². The molecule has 1 heterocycles. The van der Waals surface area contributed by atoms with E-state index >= 15 is 0 Å². The highest BCUT2D eigenvalue weighted by atomic mass is 19.4. The lowest BCUT2D eigenvalue weighted by Crippen LogP contribution is -2.34. The van der Waals surface area contributed by atoms with Crippen molar-refractivity contribution in [2.45, 2.75) is 19.5 Å². The lowest BCUT2D eigenvalue weighted by molar-refractivity contribution is -0.143. The van der Waals surface area contributed by atoms with Gasteiger partial charge >= 0.3 is 6.18 Å². The van der Waals surface area contributed by atoms with Crippen molar-refractivity contribution in [2.24, 2.45) is 0 Å². The Hall–Kier alpha value is -3.76. The predicted molar refractivity (Wildman–Crippen MR) is 103 cm³/mol. The molecule has 0 fully saturated rings. The first kappa shape index (κ1) is 21.9. The highest BCUT2D eigenvalue weighted by Crippen LogP contribution is 2.32. The Morgan fingerprint density at radius 1 is 1.06 bits per heavy atom. The molecule has 2 N–H and O–H groups in total. The molecule has 3 rings (SSSR count). The van der Waals surface area contributed by atoms with Gasteiger partial charge in [-0.15, -0.1) is 5.10 Å². The molecule has 0 radical (unpaired) electrons. The molecule has 7 nitrogen and oxygen atoms in total. The first-order valence-electron chi connectivity index (χ1n) is 9.15. The van der Waals surface area contributed by atoms with Gasteiger partial charge in [0, 0.05) is 5.69 Å². The maximum atomic E-state index is 13.6. The first-order valence-corrected chi connectivity index (χ1v) is 9.15. The smallest absolute Gasteiger partial charge is 0.341 e. The lowest BCUT2D eigenvalue weighted by Gasteiger charge is -2.12. The monoisotopic (exact) mass is 435 g/mol. The van der Waals surface area contributed by atoms with E-state index in [4.69, 9.17) is 0 Å². The Morgan fingerprint density at radius 2 is 1.74 bits per heavy atom. The second kappa shape index (κ2) is 8.94. The number of hydrogen-bond donors (Lipinski definition) is 2. The number of rotatable bonds is 6. The summed E-state index contributed by atoms with van der Waals surface area (Å²) in [7, 11) is 0. The van der Waals surface area contributed by atoms with Crippen molar-refractivity contribution in [1.82, 2.24) is 20.3 Å². The minimum absolute atomic E-state index is 0.130. The fourth-order valence-electron chi connectivity index (χ4n) is 2.84. The molecule has 31 heavy (non-hydrogen) atoms. The van der Waals surface area contributed by atoms with E-state index in [-0.39, 0.29) is 5.69 Å². The topological polar surface area (TPSA) is 88.9 Å². The minimum Gasteiger partial charge on any atom is -0.341 e. The van der Waals surface area contributed by atoms with E-state index in [1.807, 2.05) is 13.0 Å². The molecule has 0 saturated carbocycles. The fraction of sp³-hybridized carbons (Fsp3) is 0.200. The van der Waals surface area contributed by atoms with Crippen LogP contribution < -0.4 is 10.6 Å². The largest absolute Gasteiger partial charge is 0.435 e. The van der Waals surface area contributed by atoms with Gasteiger partial charge in [-0.25, -0.2) is 9.07 Å². The molecule has 0 spiro atoms. The zero-order valence-electron chi connectivity index (χ0n) is 16.2. The average Bonchev–Trinajstić information content (AvgIpc) is 3.19. The second-order valence-electron chi connectivity index (χ2n) is 6.41. The molecule has 11 heteroatoms. The van der Waals surface area contributed by atoms with Crippen LogP contribution in [0.5, 0.6) is 0 Å². The SMILES string of the molecule is CCc1ccccc1NC(=O)CNC(=O)c1nnn(-c2ccc(F)cc2)c1C(F)(F)F. The number of aryl methyl sites for hydroxylation is 1. The van der Waals surface area contributed by atoms with Crippen molar-refractivity contribution in [3.63, 3.8) is 0 Å². The number of carbonyl (C=O) groups excluding carboxylic acids is 2. The summed E-state index contributed by atoms with van der Waals surface area (Å²) in [5.74, 6) is -2.49. The van der Waals surface area contributed by atoms with E-state index < -0.39 is 41.7 Å². The standard InChI is InChI=1S/C20H17F4N5O2/c1-2-12-5-3-4-6-15(12)26-16(30)11-25-19(31)17-18(20(22,23)24)29(28-27-17)14-9-7-13(21)8-10-14/h3-10H,2,11H2,1H3,(H,25,31)(H,26,30). The predicted octanol–water partition coefficient (Wildman–Crippen LogP) is 3.36. The molecule has 0 saturated heterocycles. The van der Waals surface area contributed by atoms with Crippen LogP contribution in [-0.4, -0.2) is 33.4 Å². The molecule has 3 aromatic rings. The third-order valence-electron chi connectivity index (χ3n) is 4.31. The van der Waals surface area contributed by atoms with E-state index in [1.54, 1.807) is 18.2 Å². The van der Waals surface area contributed by atoms with Crippen LogP contribution in [0.15, 0.2) is 48.5 Å². The van der Waals surface area contributed by atoms with Gasteiger partial charge < -0.3 is 10.6 Å². The van der Waals surface area contributed by atoms with E-state index in [9.17, 15) is 27.2 Å². The van der Waals surface area contributed by atoms with Crippen LogP contribution in [0, 0.1) is 5.82 Å². The summed E-state index contributed by atoms with van der Waals surface area (Å²) in [5, 5.41) is 11.4. The van der Waals surface area contributed by atoms with E-state index in [0.29, 0.717) is 16.8 Å². The summed E-state index contributed by atoms with van der Waals surface area (Å²) in [6, 6.07) is 11.1. The van der Waals surface area contributed by atoms with Crippen LogP contribution >= 0.6 is 0 Å². The number of hydrogen-bond acceptors (Lipinski definition) is 4. The van der Waals surface area contributed by atoms with Crippen molar-refractivity contribution in [3.05, 3.63) is 71.3 Å². The van der Waals surface area contributed by atoms with Crippen LogP contribution in [0.2, 0.25) is 0 Å². The zero-order valence-corrected chi connectivity index (χ0v) is 16.2. The molecule has 0 atom stereocenters. The number of nitrogens with one attached hydrogen (secondary N) is 2. The molecular formula is C20H17F4N5O2. The summed E-state index contributed by atoms with van der Waals surface area (Å²) in [5.41, 5.74) is -1.16. The summed E-state index contributed by atoms with van der Waals surface area (Å²) >= 11 is 0. The maximum Gasteiger partial charge on any atom is 0.435 e. The van der Waals surface area contributed by atoms with Crippen LogP contribution in [0.3, 0.4) is 0 Å². The van der Waals surface area contributed by atoms with Crippen LogP contribution in [0.4, 0.5) is 23.2 Å². The van der Waals surface area contributed by atoms with Gasteiger partial charge in [0.1, 0.15) is 5.82 Å². The Balaban J connectivity index is 1.77. The molecule has 2 aromatic carbocycles. The van der Waals surface area contributed by atoms with E-state index in [1.165, 1.54) is 0 Å². The number of nitrogens with zero attached hydrogens (tertiary/aromatic N) is 3. The van der Waals surface area contributed by atoms with Crippen LogP contribution in [0.25, 0.3) is 5.69 Å². The molecule has 0 aliphatic carbocycles. The molecular weight excluding hydrogens is 418 g/mol. The molecule has 162 valence electrons. The summed E-state index contributed by atoms with van der Waals surface area (Å²) in [4.78, 5) is 24.5. The Bertz CT molecular complexity index is 1090. The molecule has 2 amide bonds. The van der Waals surface area contributed by atoms with Gasteiger partial charge in [-0.3, -0.25) is 9.59 Å². The minimum atomic E-state index is -4.98. The van der Waals surface area contributed by atoms with Gasteiger partial charge in [0.2, 0.25) is 5.91 Å². The number of halogens is 4. The number of para-hydroxylation sites is 1.